The first-order chi connectivity index (χ1) is 10.8. The molecule has 0 radical (unpaired) electrons. The highest BCUT2D eigenvalue weighted by atomic mass is 32.1. The van der Waals surface area contributed by atoms with Gasteiger partial charge >= 0.3 is 0 Å². The lowest BCUT2D eigenvalue weighted by molar-refractivity contribution is 1.29. The average Bonchev–Trinajstić information content (AvgIpc) is 3.21. The number of hydrogen-bond acceptors (Lipinski definition) is 4. The van der Waals surface area contributed by atoms with Crippen molar-refractivity contribution in [2.24, 2.45) is 0 Å². The number of fused-ring (bicyclic) bond motifs is 1. The van der Waals surface area contributed by atoms with E-state index in [0.717, 1.165) is 33.1 Å². The number of aromatic nitrogens is 3. The molecule has 0 bridgehead atoms. The maximum Gasteiger partial charge on any atom is 0.167 e. The third-order valence-electron chi connectivity index (χ3n) is 3.38. The number of nitrogens with zero attached hydrogens (tertiary/aromatic N) is 3. The van der Waals surface area contributed by atoms with Gasteiger partial charge in [-0.2, -0.15) is 5.26 Å². The molecule has 0 unspecified atom stereocenters. The molecule has 4 nitrogen and oxygen atoms in total. The molecular weight excluding hydrogens is 292 g/mol. The van der Waals surface area contributed by atoms with E-state index in [1.807, 2.05) is 47.8 Å². The van der Waals surface area contributed by atoms with Gasteiger partial charge in [-0.05, 0) is 24.3 Å². The predicted octanol–water partition coefficient (Wildman–Crippen LogP) is 4.23. The van der Waals surface area contributed by atoms with Crippen molar-refractivity contribution in [3.05, 3.63) is 59.5 Å². The Bertz CT molecular complexity index is 974. The van der Waals surface area contributed by atoms with Gasteiger partial charge < -0.3 is 4.98 Å². The topological polar surface area (TPSA) is 65.4 Å². The monoisotopic (exact) mass is 302 g/mol. The molecule has 5 heteroatoms. The molecule has 2 aromatic heterocycles. The van der Waals surface area contributed by atoms with E-state index in [1.165, 1.54) is 11.3 Å². The highest BCUT2D eigenvalue weighted by Crippen LogP contribution is 2.28. The number of nitrogens with one attached hydrogen (secondary N) is 1. The van der Waals surface area contributed by atoms with Crippen LogP contribution in [0.1, 0.15) is 5.56 Å². The van der Waals surface area contributed by atoms with Crippen molar-refractivity contribution in [1.29, 1.82) is 5.26 Å². The molecule has 4 rings (SSSR count). The summed E-state index contributed by atoms with van der Waals surface area (Å²) in [6.45, 7) is 0. The van der Waals surface area contributed by atoms with Crippen molar-refractivity contribution >= 4 is 22.4 Å². The van der Waals surface area contributed by atoms with Crippen LogP contribution in [-0.2, 0) is 0 Å². The van der Waals surface area contributed by atoms with Crippen LogP contribution in [0.4, 0.5) is 0 Å². The van der Waals surface area contributed by atoms with Crippen LogP contribution in [-0.4, -0.2) is 15.0 Å². The number of rotatable bonds is 2. The van der Waals surface area contributed by atoms with Gasteiger partial charge in [-0.1, -0.05) is 24.3 Å². The Morgan fingerprint density at radius 2 is 1.95 bits per heavy atom. The fraction of sp³-hybridized carbons (Fsp3) is 0. The lowest BCUT2D eigenvalue weighted by atomic mass is 10.1. The third-order valence-corrected chi connectivity index (χ3v) is 4.23. The van der Waals surface area contributed by atoms with Crippen LogP contribution in [0.2, 0.25) is 0 Å². The Morgan fingerprint density at radius 1 is 1.05 bits per heavy atom. The molecule has 0 aliphatic carbocycles. The number of imidazole rings is 1. The van der Waals surface area contributed by atoms with Gasteiger partial charge in [-0.15, -0.1) is 11.3 Å². The highest BCUT2D eigenvalue weighted by molar-refractivity contribution is 7.13. The van der Waals surface area contributed by atoms with Crippen LogP contribution < -0.4 is 0 Å². The van der Waals surface area contributed by atoms with E-state index in [0.29, 0.717) is 5.56 Å². The van der Waals surface area contributed by atoms with E-state index in [-0.39, 0.29) is 0 Å². The lowest BCUT2D eigenvalue weighted by Crippen LogP contribution is -1.82. The van der Waals surface area contributed by atoms with E-state index in [4.69, 9.17) is 5.26 Å². The molecule has 0 saturated heterocycles. The summed E-state index contributed by atoms with van der Waals surface area (Å²) in [5.74, 6) is 0.772. The van der Waals surface area contributed by atoms with Crippen molar-refractivity contribution in [2.45, 2.75) is 0 Å². The van der Waals surface area contributed by atoms with Gasteiger partial charge in [0, 0.05) is 10.9 Å². The second-order valence-electron chi connectivity index (χ2n) is 4.83. The van der Waals surface area contributed by atoms with E-state index in [9.17, 15) is 0 Å². The summed E-state index contributed by atoms with van der Waals surface area (Å²) in [6, 6.07) is 17.5. The second kappa shape index (κ2) is 5.10. The molecule has 104 valence electrons. The number of H-pyrrole nitrogens is 1. The molecule has 2 aromatic carbocycles. The molecule has 0 saturated carbocycles. The number of thiazole rings is 1. The summed E-state index contributed by atoms with van der Waals surface area (Å²) >= 11 is 1.54. The quantitative estimate of drug-likeness (QED) is 0.602. The Labute approximate surface area is 130 Å². The molecule has 0 aliphatic heterocycles. The molecule has 2 heterocycles. The summed E-state index contributed by atoms with van der Waals surface area (Å²) in [6.07, 6.45) is 0. The van der Waals surface area contributed by atoms with E-state index >= 15 is 0 Å². The molecule has 1 N–H and O–H groups in total. The standard InChI is InChI=1S/C17H10N4S/c18-9-11-4-3-5-12(8-11)15-10-22-17(21-15)16-19-13-6-1-2-7-14(13)20-16/h1-8,10H,(H,19,20). The number of hydrogen-bond donors (Lipinski definition) is 1. The first-order valence-electron chi connectivity index (χ1n) is 6.75. The summed E-state index contributed by atoms with van der Waals surface area (Å²) in [7, 11) is 0. The zero-order valence-electron chi connectivity index (χ0n) is 11.4. The van der Waals surface area contributed by atoms with E-state index in [1.54, 1.807) is 6.07 Å². The molecule has 22 heavy (non-hydrogen) atoms. The van der Waals surface area contributed by atoms with Crippen molar-refractivity contribution in [1.82, 2.24) is 15.0 Å². The van der Waals surface area contributed by atoms with Gasteiger partial charge in [0.25, 0.3) is 0 Å². The zero-order chi connectivity index (χ0) is 14.9. The molecule has 0 spiro atoms. The normalized spacial score (nSPS) is 10.7. The molecule has 0 atom stereocenters. The van der Waals surface area contributed by atoms with Crippen LogP contribution in [0, 0.1) is 11.3 Å². The molecular formula is C17H10N4S. The number of benzene rings is 2. The summed E-state index contributed by atoms with van der Waals surface area (Å²) in [5.41, 5.74) is 4.37. The van der Waals surface area contributed by atoms with Gasteiger partial charge in [0.15, 0.2) is 10.8 Å². The minimum Gasteiger partial charge on any atom is -0.336 e. The third kappa shape index (κ3) is 2.16. The largest absolute Gasteiger partial charge is 0.336 e. The highest BCUT2D eigenvalue weighted by Gasteiger charge is 2.11. The van der Waals surface area contributed by atoms with Gasteiger partial charge in [-0.3, -0.25) is 0 Å². The van der Waals surface area contributed by atoms with Crippen LogP contribution in [0.5, 0.6) is 0 Å². The maximum absolute atomic E-state index is 8.99. The van der Waals surface area contributed by atoms with Gasteiger partial charge in [0.05, 0.1) is 28.4 Å². The van der Waals surface area contributed by atoms with Crippen molar-refractivity contribution in [3.63, 3.8) is 0 Å². The van der Waals surface area contributed by atoms with Crippen LogP contribution in [0.15, 0.2) is 53.9 Å². The molecule has 4 aromatic rings. The average molecular weight is 302 g/mol. The predicted molar refractivity (Wildman–Crippen MR) is 87.4 cm³/mol. The Balaban J connectivity index is 1.76. The SMILES string of the molecule is N#Cc1cccc(-c2csc(-c3nc4ccccc4[nH]3)n2)c1. The minimum atomic E-state index is 0.635. The first-order valence-corrected chi connectivity index (χ1v) is 7.62. The lowest BCUT2D eigenvalue weighted by Gasteiger charge is -1.96. The maximum atomic E-state index is 8.99. The first kappa shape index (κ1) is 12.7. The number of para-hydroxylation sites is 2. The van der Waals surface area contributed by atoms with Crippen LogP contribution >= 0.6 is 11.3 Å². The Kier molecular flexibility index (Phi) is 2.95. The van der Waals surface area contributed by atoms with E-state index in [2.05, 4.69) is 21.0 Å². The minimum absolute atomic E-state index is 0.635. The van der Waals surface area contributed by atoms with Crippen LogP contribution in [0.25, 0.3) is 33.1 Å². The van der Waals surface area contributed by atoms with Crippen molar-refractivity contribution < 1.29 is 0 Å². The smallest absolute Gasteiger partial charge is 0.167 e. The van der Waals surface area contributed by atoms with Gasteiger partial charge in [-0.25, -0.2) is 9.97 Å². The van der Waals surface area contributed by atoms with E-state index < -0.39 is 0 Å². The number of aromatic amines is 1. The Hall–Kier alpha value is -2.97. The summed E-state index contributed by atoms with van der Waals surface area (Å²) < 4.78 is 0. The molecule has 0 amide bonds. The van der Waals surface area contributed by atoms with Gasteiger partial charge in [0.2, 0.25) is 0 Å². The summed E-state index contributed by atoms with van der Waals surface area (Å²) in [5, 5.41) is 11.8. The summed E-state index contributed by atoms with van der Waals surface area (Å²) in [4.78, 5) is 12.5. The second-order valence-corrected chi connectivity index (χ2v) is 5.69. The Morgan fingerprint density at radius 3 is 2.82 bits per heavy atom. The van der Waals surface area contributed by atoms with Crippen molar-refractivity contribution in [3.8, 4) is 28.2 Å². The number of nitriles is 1. The van der Waals surface area contributed by atoms with Gasteiger partial charge in [0.1, 0.15) is 0 Å². The molecule has 0 aliphatic rings. The fourth-order valence-corrected chi connectivity index (χ4v) is 3.09. The molecule has 0 fully saturated rings. The van der Waals surface area contributed by atoms with Crippen molar-refractivity contribution in [2.75, 3.05) is 0 Å². The zero-order valence-corrected chi connectivity index (χ0v) is 12.3. The van der Waals surface area contributed by atoms with Crippen LogP contribution in [0.3, 0.4) is 0 Å². The fourth-order valence-electron chi connectivity index (χ4n) is 2.32.